The topological polar surface area (TPSA) is 79.4 Å². The van der Waals surface area contributed by atoms with E-state index in [1.807, 2.05) is 0 Å². The highest BCUT2D eigenvalue weighted by atomic mass is 19.3. The molecule has 0 aliphatic carbocycles. The smallest absolute Gasteiger partial charge is 0.414 e. The molecule has 0 radical (unpaired) electrons. The van der Waals surface area contributed by atoms with Gasteiger partial charge in [-0.2, -0.15) is 0 Å². The number of Topliss-reactive ketones (excluding diaryl/α,β-unsaturated/α-hetero) is 1. The third kappa shape index (κ3) is 5.02. The average molecular weight is 429 g/mol. The maximum Gasteiger partial charge on any atom is 0.414 e. The number of amides is 2. The minimum absolute atomic E-state index is 0.0214. The van der Waals surface area contributed by atoms with Crippen LogP contribution in [0.2, 0.25) is 0 Å². The highest BCUT2D eigenvalue weighted by molar-refractivity contribution is 5.90. The van der Waals surface area contributed by atoms with Crippen molar-refractivity contribution in [3.63, 3.8) is 0 Å². The fourth-order valence-electron chi connectivity index (χ4n) is 3.35. The summed E-state index contributed by atoms with van der Waals surface area (Å²) in [4.78, 5) is 42.8. The second-order valence-corrected chi connectivity index (χ2v) is 7.00. The zero-order chi connectivity index (χ0) is 21.8. The maximum atomic E-state index is 14.8. The van der Waals surface area contributed by atoms with Crippen LogP contribution in [0.5, 0.6) is 0 Å². The normalized spacial score (nSPS) is 19.8. The predicted octanol–water partition coefficient (Wildman–Crippen LogP) is 2.37. The van der Waals surface area contributed by atoms with Crippen LogP contribution in [0.3, 0.4) is 0 Å². The molecule has 30 heavy (non-hydrogen) atoms. The molecule has 2 aliphatic heterocycles. The molecule has 164 valence electrons. The van der Waals surface area contributed by atoms with Crippen LogP contribution in [0.1, 0.15) is 19.8 Å². The number of nitrogens with zero attached hydrogens (tertiary/aromatic N) is 3. The first-order valence-corrected chi connectivity index (χ1v) is 9.50. The van der Waals surface area contributed by atoms with Gasteiger partial charge in [0.05, 0.1) is 31.1 Å². The first-order chi connectivity index (χ1) is 14.3. The van der Waals surface area contributed by atoms with Crippen LogP contribution in [-0.2, 0) is 19.2 Å². The number of carbonyl (C=O) groups excluding carboxylic acids is 3. The Morgan fingerprint density at radius 1 is 1.23 bits per heavy atom. The van der Waals surface area contributed by atoms with E-state index in [2.05, 4.69) is 0 Å². The number of anilines is 2. The van der Waals surface area contributed by atoms with Gasteiger partial charge in [0, 0.05) is 26.4 Å². The molecule has 2 aliphatic rings. The fraction of sp³-hybridized carbons (Fsp3) is 0.526. The van der Waals surface area contributed by atoms with Crippen LogP contribution < -0.4 is 9.80 Å². The summed E-state index contributed by atoms with van der Waals surface area (Å²) in [5.74, 6) is -2.00. The van der Waals surface area contributed by atoms with Crippen molar-refractivity contribution in [2.75, 3.05) is 42.6 Å². The number of rotatable bonds is 6. The van der Waals surface area contributed by atoms with Crippen molar-refractivity contribution in [1.82, 2.24) is 5.06 Å². The van der Waals surface area contributed by atoms with E-state index in [4.69, 9.17) is 9.57 Å². The van der Waals surface area contributed by atoms with Gasteiger partial charge in [-0.25, -0.2) is 23.0 Å². The number of halogens is 3. The van der Waals surface area contributed by atoms with E-state index in [0.717, 1.165) is 0 Å². The van der Waals surface area contributed by atoms with E-state index in [1.54, 1.807) is 11.0 Å². The minimum Gasteiger partial charge on any atom is -0.444 e. The van der Waals surface area contributed by atoms with Crippen molar-refractivity contribution in [2.45, 2.75) is 32.3 Å². The molecule has 2 fully saturated rings. The van der Waals surface area contributed by atoms with Gasteiger partial charge in [-0.05, 0) is 24.6 Å². The number of cyclic esters (lactones) is 1. The highest BCUT2D eigenvalue weighted by Gasteiger charge is 2.33. The van der Waals surface area contributed by atoms with E-state index >= 15 is 0 Å². The number of hydroxylamine groups is 2. The summed E-state index contributed by atoms with van der Waals surface area (Å²) in [6, 6.07) is 4.27. The molecule has 1 atom stereocenters. The van der Waals surface area contributed by atoms with Gasteiger partial charge in [0.2, 0.25) is 5.91 Å². The number of ketones is 1. The molecule has 2 amide bonds. The standard InChI is InChI=1S/C19H22F3N3O5/c1-12(26)25-7-6-23(8-9-29-25)16-4-2-13(10-15(16)20)24-11-14(30-19(24)28)3-5-17(27)18(21)22/h2,4,10,14,18H,3,5-9,11H2,1H3/t14-/m0/s1. The number of benzene rings is 1. The van der Waals surface area contributed by atoms with E-state index in [-0.39, 0.29) is 37.7 Å². The lowest BCUT2D eigenvalue weighted by Crippen LogP contribution is -2.33. The van der Waals surface area contributed by atoms with Crippen molar-refractivity contribution in [3.05, 3.63) is 24.0 Å². The Kier molecular flexibility index (Phi) is 6.80. The van der Waals surface area contributed by atoms with Gasteiger partial charge in [-0.15, -0.1) is 0 Å². The lowest BCUT2D eigenvalue weighted by atomic mass is 10.1. The minimum atomic E-state index is -3.05. The van der Waals surface area contributed by atoms with Gasteiger partial charge in [0.15, 0.2) is 5.78 Å². The molecule has 0 saturated carbocycles. The lowest BCUT2D eigenvalue weighted by molar-refractivity contribution is -0.179. The summed E-state index contributed by atoms with van der Waals surface area (Å²) >= 11 is 0. The molecule has 11 heteroatoms. The van der Waals surface area contributed by atoms with Gasteiger partial charge in [-0.3, -0.25) is 19.3 Å². The number of ether oxygens (including phenoxy) is 1. The molecule has 0 spiro atoms. The van der Waals surface area contributed by atoms with Crippen LogP contribution in [0.25, 0.3) is 0 Å². The SMILES string of the molecule is CC(=O)N1CCN(c2ccc(N3C[C@H](CCC(=O)C(F)F)OC3=O)cc2F)CCO1. The summed E-state index contributed by atoms with van der Waals surface area (Å²) in [5, 5.41) is 1.23. The van der Waals surface area contributed by atoms with Crippen LogP contribution in [0, 0.1) is 5.82 Å². The third-order valence-corrected chi connectivity index (χ3v) is 4.95. The summed E-state index contributed by atoms with van der Waals surface area (Å²) < 4.78 is 44.5. The molecule has 2 saturated heterocycles. The fourth-order valence-corrected chi connectivity index (χ4v) is 3.35. The Balaban J connectivity index is 1.64. The van der Waals surface area contributed by atoms with Gasteiger partial charge in [0.1, 0.15) is 11.9 Å². The summed E-state index contributed by atoms with van der Waals surface area (Å²) in [6.45, 7) is 2.69. The van der Waals surface area contributed by atoms with Crippen molar-refractivity contribution in [1.29, 1.82) is 0 Å². The Hall–Kier alpha value is -2.82. The van der Waals surface area contributed by atoms with Crippen LogP contribution in [0.15, 0.2) is 18.2 Å². The second kappa shape index (κ2) is 9.33. The Morgan fingerprint density at radius 2 is 2.00 bits per heavy atom. The van der Waals surface area contributed by atoms with Crippen molar-refractivity contribution >= 4 is 29.2 Å². The van der Waals surface area contributed by atoms with Gasteiger partial charge < -0.3 is 9.64 Å². The molecule has 0 unspecified atom stereocenters. The first kappa shape index (κ1) is 21.9. The van der Waals surface area contributed by atoms with E-state index in [1.165, 1.54) is 29.0 Å². The quantitative estimate of drug-likeness (QED) is 0.691. The Bertz CT molecular complexity index is 823. The van der Waals surface area contributed by atoms with Gasteiger partial charge in [-0.1, -0.05) is 0 Å². The number of carbonyl (C=O) groups is 3. The van der Waals surface area contributed by atoms with Crippen LogP contribution in [-0.4, -0.2) is 68.2 Å². The molecule has 2 heterocycles. The average Bonchev–Trinajstić information content (AvgIpc) is 2.90. The zero-order valence-electron chi connectivity index (χ0n) is 16.4. The van der Waals surface area contributed by atoms with E-state index in [0.29, 0.717) is 18.8 Å². The van der Waals surface area contributed by atoms with Crippen molar-refractivity contribution in [2.24, 2.45) is 0 Å². The largest absolute Gasteiger partial charge is 0.444 e. The molecule has 1 aromatic rings. The molecular formula is C19H22F3N3O5. The van der Waals surface area contributed by atoms with E-state index < -0.39 is 36.6 Å². The monoisotopic (exact) mass is 429 g/mol. The molecule has 0 N–H and O–H groups in total. The number of hydrogen-bond acceptors (Lipinski definition) is 6. The summed E-state index contributed by atoms with van der Waals surface area (Å²) in [7, 11) is 0. The first-order valence-electron chi connectivity index (χ1n) is 9.50. The molecule has 3 rings (SSSR count). The van der Waals surface area contributed by atoms with Crippen LogP contribution in [0.4, 0.5) is 29.3 Å². The Morgan fingerprint density at radius 3 is 2.67 bits per heavy atom. The number of alkyl halides is 2. The van der Waals surface area contributed by atoms with E-state index in [9.17, 15) is 27.6 Å². The summed E-state index contributed by atoms with van der Waals surface area (Å²) in [5.41, 5.74) is 0.569. The zero-order valence-corrected chi connectivity index (χ0v) is 16.4. The number of hydrogen-bond donors (Lipinski definition) is 0. The third-order valence-electron chi connectivity index (χ3n) is 4.95. The summed E-state index contributed by atoms with van der Waals surface area (Å²) in [6.07, 6.45) is -4.91. The lowest BCUT2D eigenvalue weighted by Gasteiger charge is -2.23. The maximum absolute atomic E-state index is 14.8. The molecule has 0 bridgehead atoms. The molecule has 0 aromatic heterocycles. The predicted molar refractivity (Wildman–Crippen MR) is 99.8 cm³/mol. The van der Waals surface area contributed by atoms with Gasteiger partial charge in [0.25, 0.3) is 6.43 Å². The molecular weight excluding hydrogens is 407 g/mol. The van der Waals surface area contributed by atoms with Gasteiger partial charge >= 0.3 is 6.09 Å². The highest BCUT2D eigenvalue weighted by Crippen LogP contribution is 2.29. The van der Waals surface area contributed by atoms with Crippen molar-refractivity contribution < 1.29 is 37.1 Å². The Labute approximate surface area is 171 Å². The van der Waals surface area contributed by atoms with Crippen molar-refractivity contribution in [3.8, 4) is 0 Å². The molecule has 8 nitrogen and oxygen atoms in total. The van der Waals surface area contributed by atoms with Crippen LogP contribution >= 0.6 is 0 Å². The second-order valence-electron chi connectivity index (χ2n) is 7.00. The molecule has 1 aromatic carbocycles.